The fourth-order valence-corrected chi connectivity index (χ4v) is 2.20. The molecule has 0 amide bonds. The molecular weight excluding hydrogens is 241 g/mol. The van der Waals surface area contributed by atoms with E-state index in [0.29, 0.717) is 11.3 Å². The van der Waals surface area contributed by atoms with Crippen LogP contribution in [0.25, 0.3) is 0 Å². The highest BCUT2D eigenvalue weighted by atomic mass is 19.1. The van der Waals surface area contributed by atoms with Crippen LogP contribution in [0.5, 0.6) is 5.75 Å². The van der Waals surface area contributed by atoms with Gasteiger partial charge in [0.15, 0.2) is 0 Å². The van der Waals surface area contributed by atoms with Crippen molar-refractivity contribution in [1.29, 1.82) is 0 Å². The van der Waals surface area contributed by atoms with Gasteiger partial charge in [-0.1, -0.05) is 37.3 Å². The normalized spacial score (nSPS) is 13.9. The van der Waals surface area contributed by atoms with Crippen molar-refractivity contribution < 1.29 is 9.13 Å². The van der Waals surface area contributed by atoms with Crippen molar-refractivity contribution in [2.24, 2.45) is 5.73 Å². The highest BCUT2D eigenvalue weighted by Crippen LogP contribution is 2.33. The molecule has 0 bridgehead atoms. The molecule has 2 aromatic rings. The Morgan fingerprint density at radius 2 is 1.79 bits per heavy atom. The van der Waals surface area contributed by atoms with Gasteiger partial charge in [0.2, 0.25) is 0 Å². The summed E-state index contributed by atoms with van der Waals surface area (Å²) in [4.78, 5) is 0. The first kappa shape index (κ1) is 13.6. The first-order chi connectivity index (χ1) is 9.13. The summed E-state index contributed by atoms with van der Waals surface area (Å²) >= 11 is 0. The van der Waals surface area contributed by atoms with Crippen molar-refractivity contribution in [3.63, 3.8) is 0 Å². The van der Waals surface area contributed by atoms with Crippen molar-refractivity contribution in [2.45, 2.75) is 18.9 Å². The van der Waals surface area contributed by atoms with Gasteiger partial charge in [0.25, 0.3) is 0 Å². The van der Waals surface area contributed by atoms with Gasteiger partial charge < -0.3 is 10.5 Å². The molecular formula is C16H18FNO. The van der Waals surface area contributed by atoms with E-state index in [1.54, 1.807) is 13.2 Å². The summed E-state index contributed by atoms with van der Waals surface area (Å²) < 4.78 is 18.7. The van der Waals surface area contributed by atoms with E-state index in [4.69, 9.17) is 10.5 Å². The minimum absolute atomic E-state index is 0.0805. The molecule has 19 heavy (non-hydrogen) atoms. The Morgan fingerprint density at radius 3 is 2.42 bits per heavy atom. The lowest BCUT2D eigenvalue weighted by atomic mass is 9.89. The monoisotopic (exact) mass is 259 g/mol. The third-order valence-corrected chi connectivity index (χ3v) is 3.41. The van der Waals surface area contributed by atoms with E-state index >= 15 is 0 Å². The Kier molecular flexibility index (Phi) is 4.17. The molecule has 0 aromatic heterocycles. The van der Waals surface area contributed by atoms with E-state index < -0.39 is 0 Å². The Balaban J connectivity index is 2.33. The minimum Gasteiger partial charge on any atom is -0.496 e. The van der Waals surface area contributed by atoms with Crippen LogP contribution in [0.15, 0.2) is 48.5 Å². The van der Waals surface area contributed by atoms with Gasteiger partial charge >= 0.3 is 0 Å². The van der Waals surface area contributed by atoms with E-state index in [1.807, 2.05) is 37.3 Å². The van der Waals surface area contributed by atoms with Crippen LogP contribution in [-0.2, 0) is 0 Å². The van der Waals surface area contributed by atoms with Gasteiger partial charge in [0.1, 0.15) is 11.6 Å². The average molecular weight is 259 g/mol. The molecule has 0 saturated carbocycles. The average Bonchev–Trinajstić information content (AvgIpc) is 2.46. The van der Waals surface area contributed by atoms with Crippen LogP contribution < -0.4 is 10.5 Å². The van der Waals surface area contributed by atoms with Crippen LogP contribution in [0.2, 0.25) is 0 Å². The fraction of sp³-hybridized carbons (Fsp3) is 0.250. The zero-order valence-corrected chi connectivity index (χ0v) is 11.1. The highest BCUT2D eigenvalue weighted by Gasteiger charge is 2.20. The molecule has 2 rings (SSSR count). The third kappa shape index (κ3) is 2.93. The molecule has 2 nitrogen and oxygen atoms in total. The summed E-state index contributed by atoms with van der Waals surface area (Å²) in [5, 5.41) is 0. The topological polar surface area (TPSA) is 35.2 Å². The Morgan fingerprint density at radius 1 is 1.11 bits per heavy atom. The van der Waals surface area contributed by atoms with Gasteiger partial charge in [-0.2, -0.15) is 0 Å². The summed E-state index contributed by atoms with van der Waals surface area (Å²) in [7, 11) is 1.57. The molecule has 2 unspecified atom stereocenters. The summed E-state index contributed by atoms with van der Waals surface area (Å²) in [5.41, 5.74) is 8.09. The van der Waals surface area contributed by atoms with Gasteiger partial charge in [-0.05, 0) is 23.8 Å². The maximum Gasteiger partial charge on any atom is 0.123 e. The molecule has 100 valence electrons. The van der Waals surface area contributed by atoms with E-state index in [-0.39, 0.29) is 17.8 Å². The number of methoxy groups -OCH3 is 1. The Hall–Kier alpha value is -1.87. The van der Waals surface area contributed by atoms with Gasteiger partial charge in [-0.3, -0.25) is 0 Å². The van der Waals surface area contributed by atoms with Crippen molar-refractivity contribution in [2.75, 3.05) is 7.11 Å². The van der Waals surface area contributed by atoms with E-state index in [2.05, 4.69) is 0 Å². The molecule has 0 aliphatic heterocycles. The molecule has 0 saturated heterocycles. The predicted molar refractivity (Wildman–Crippen MR) is 74.7 cm³/mol. The molecule has 0 heterocycles. The van der Waals surface area contributed by atoms with Crippen molar-refractivity contribution >= 4 is 0 Å². The molecule has 2 atom stereocenters. The molecule has 0 radical (unpaired) electrons. The third-order valence-electron chi connectivity index (χ3n) is 3.41. The molecule has 0 spiro atoms. The quantitative estimate of drug-likeness (QED) is 0.909. The number of rotatable bonds is 4. The summed E-state index contributed by atoms with van der Waals surface area (Å²) in [6, 6.07) is 14.1. The summed E-state index contributed by atoms with van der Waals surface area (Å²) in [5.74, 6) is 0.403. The van der Waals surface area contributed by atoms with Gasteiger partial charge in [-0.15, -0.1) is 0 Å². The second-order valence-corrected chi connectivity index (χ2v) is 4.61. The van der Waals surface area contributed by atoms with E-state index in [9.17, 15) is 4.39 Å². The predicted octanol–water partition coefficient (Wildman–Crippen LogP) is 3.64. The van der Waals surface area contributed by atoms with Gasteiger partial charge in [-0.25, -0.2) is 4.39 Å². The first-order valence-electron chi connectivity index (χ1n) is 6.27. The number of ether oxygens (including phenoxy) is 1. The van der Waals surface area contributed by atoms with Crippen molar-refractivity contribution in [1.82, 2.24) is 0 Å². The summed E-state index contributed by atoms with van der Waals surface area (Å²) in [6.07, 6.45) is 0. The first-order valence-corrected chi connectivity index (χ1v) is 6.27. The fourth-order valence-electron chi connectivity index (χ4n) is 2.20. The number of nitrogens with two attached hydrogens (primary N) is 1. The lowest BCUT2D eigenvalue weighted by molar-refractivity contribution is 0.400. The van der Waals surface area contributed by atoms with Crippen LogP contribution in [0.1, 0.15) is 30.0 Å². The van der Waals surface area contributed by atoms with Crippen LogP contribution in [0.4, 0.5) is 4.39 Å². The van der Waals surface area contributed by atoms with Gasteiger partial charge in [0, 0.05) is 17.5 Å². The molecule has 2 aromatic carbocycles. The number of halogens is 1. The Bertz CT molecular complexity index is 542. The van der Waals surface area contributed by atoms with Gasteiger partial charge in [0.05, 0.1) is 7.11 Å². The molecule has 0 fully saturated rings. The number of benzene rings is 2. The van der Waals surface area contributed by atoms with Crippen LogP contribution in [-0.4, -0.2) is 7.11 Å². The second-order valence-electron chi connectivity index (χ2n) is 4.61. The molecule has 0 aliphatic carbocycles. The SMILES string of the molecule is COc1ccc(F)cc1C(N)C(C)c1ccccc1. The van der Waals surface area contributed by atoms with Crippen LogP contribution >= 0.6 is 0 Å². The van der Waals surface area contributed by atoms with Crippen molar-refractivity contribution in [3.05, 3.63) is 65.5 Å². The van der Waals surface area contributed by atoms with Crippen LogP contribution in [0, 0.1) is 5.82 Å². The largest absolute Gasteiger partial charge is 0.496 e. The molecule has 0 aliphatic rings. The second kappa shape index (κ2) is 5.85. The van der Waals surface area contributed by atoms with E-state index in [1.165, 1.54) is 12.1 Å². The molecule has 3 heteroatoms. The molecule has 2 N–H and O–H groups in total. The lowest BCUT2D eigenvalue weighted by Crippen LogP contribution is -2.18. The highest BCUT2D eigenvalue weighted by molar-refractivity contribution is 5.38. The Labute approximate surface area is 113 Å². The number of hydrogen-bond acceptors (Lipinski definition) is 2. The smallest absolute Gasteiger partial charge is 0.123 e. The standard InChI is InChI=1S/C16H18FNO/c1-11(12-6-4-3-5-7-12)16(18)14-10-13(17)8-9-15(14)19-2/h3-11,16H,18H2,1-2H3. The minimum atomic E-state index is -0.312. The van der Waals surface area contributed by atoms with Crippen LogP contribution in [0.3, 0.4) is 0 Å². The van der Waals surface area contributed by atoms with E-state index in [0.717, 1.165) is 5.56 Å². The maximum absolute atomic E-state index is 13.4. The van der Waals surface area contributed by atoms with Crippen molar-refractivity contribution in [3.8, 4) is 5.75 Å². The lowest BCUT2D eigenvalue weighted by Gasteiger charge is -2.22. The maximum atomic E-state index is 13.4. The number of hydrogen-bond donors (Lipinski definition) is 1. The zero-order valence-electron chi connectivity index (χ0n) is 11.1. The summed E-state index contributed by atoms with van der Waals surface area (Å²) in [6.45, 7) is 2.03. The zero-order chi connectivity index (χ0) is 13.8.